The summed E-state index contributed by atoms with van der Waals surface area (Å²) in [5.74, 6) is -2.92. The molecule has 0 saturated heterocycles. The van der Waals surface area contributed by atoms with Gasteiger partial charge in [-0.05, 0) is 30.7 Å². The molecular weight excluding hydrogens is 285 g/mol. The summed E-state index contributed by atoms with van der Waals surface area (Å²) < 4.78 is 35.6. The number of hydrogen-bond donors (Lipinski definition) is 2. The Morgan fingerprint density at radius 3 is 2.47 bits per heavy atom. The zero-order chi connectivity index (χ0) is 14.6. The van der Waals surface area contributed by atoms with Crippen molar-refractivity contribution in [2.24, 2.45) is 0 Å². The van der Waals surface area contributed by atoms with Gasteiger partial charge in [0.1, 0.15) is 0 Å². The van der Waals surface area contributed by atoms with Crippen LogP contribution in [0.25, 0.3) is 0 Å². The average molecular weight is 295 g/mol. The van der Waals surface area contributed by atoms with Crippen molar-refractivity contribution in [1.82, 2.24) is 5.32 Å². The number of aryl methyl sites for hydroxylation is 1. The van der Waals surface area contributed by atoms with Gasteiger partial charge in [-0.15, -0.1) is 0 Å². The quantitative estimate of drug-likeness (QED) is 0.898. The van der Waals surface area contributed by atoms with E-state index in [0.29, 0.717) is 16.3 Å². The van der Waals surface area contributed by atoms with Crippen molar-refractivity contribution in [2.75, 3.05) is 11.9 Å². The molecule has 0 fully saturated rings. The third-order valence-electron chi connectivity index (χ3n) is 2.13. The smallest absolute Gasteiger partial charge is 0.339 e. The lowest BCUT2D eigenvalue weighted by atomic mass is 10.2. The molecule has 4 nitrogen and oxygen atoms in total. The minimum Gasteiger partial charge on any atom is -0.339 e. The standard InChI is InChI=1S/C11H10ClF3N2O2/c1-6-4-7(12)2-3-8(6)17-9(18)5-16-10(19)11(13,14)15/h2-4H,5H2,1H3,(H,16,19)(H,17,18). The largest absolute Gasteiger partial charge is 0.471 e. The highest BCUT2D eigenvalue weighted by Crippen LogP contribution is 2.19. The van der Waals surface area contributed by atoms with E-state index >= 15 is 0 Å². The molecule has 0 saturated carbocycles. The molecule has 0 radical (unpaired) electrons. The molecule has 0 aromatic heterocycles. The number of amides is 2. The molecule has 0 spiro atoms. The van der Waals surface area contributed by atoms with Crippen LogP contribution in [-0.4, -0.2) is 24.5 Å². The van der Waals surface area contributed by atoms with Gasteiger partial charge in [0, 0.05) is 10.7 Å². The molecule has 8 heteroatoms. The number of alkyl halides is 3. The van der Waals surface area contributed by atoms with Gasteiger partial charge in [-0.1, -0.05) is 11.6 Å². The van der Waals surface area contributed by atoms with Crippen LogP contribution in [0, 0.1) is 6.92 Å². The Kier molecular flexibility index (Phi) is 4.77. The maximum atomic E-state index is 11.9. The lowest BCUT2D eigenvalue weighted by molar-refractivity contribution is -0.173. The predicted octanol–water partition coefficient (Wildman–Crippen LogP) is 2.27. The zero-order valence-corrected chi connectivity index (χ0v) is 10.5. The van der Waals surface area contributed by atoms with E-state index in [2.05, 4.69) is 5.32 Å². The number of hydrogen-bond acceptors (Lipinski definition) is 2. The minimum absolute atomic E-state index is 0.413. The van der Waals surface area contributed by atoms with E-state index in [1.807, 2.05) is 0 Å². The van der Waals surface area contributed by atoms with Gasteiger partial charge < -0.3 is 10.6 Å². The number of nitrogens with one attached hydrogen (secondary N) is 2. The first-order valence-corrected chi connectivity index (χ1v) is 5.49. The lowest BCUT2D eigenvalue weighted by Gasteiger charge is -2.10. The Balaban J connectivity index is 2.54. The first kappa shape index (κ1) is 15.3. The summed E-state index contributed by atoms with van der Waals surface area (Å²) in [7, 11) is 0. The van der Waals surface area contributed by atoms with Gasteiger partial charge in [-0.2, -0.15) is 13.2 Å². The Bertz CT molecular complexity index is 503. The molecular formula is C11H10ClF3N2O2. The molecule has 0 atom stereocenters. The van der Waals surface area contributed by atoms with Gasteiger partial charge in [-0.25, -0.2) is 0 Å². The first-order valence-electron chi connectivity index (χ1n) is 5.11. The SMILES string of the molecule is Cc1cc(Cl)ccc1NC(=O)CNC(=O)C(F)(F)F. The summed E-state index contributed by atoms with van der Waals surface area (Å²) in [6, 6.07) is 4.63. The van der Waals surface area contributed by atoms with Crippen LogP contribution in [0.3, 0.4) is 0 Å². The number of anilines is 1. The predicted molar refractivity (Wildman–Crippen MR) is 63.9 cm³/mol. The normalized spacial score (nSPS) is 11.0. The van der Waals surface area contributed by atoms with E-state index in [4.69, 9.17) is 11.6 Å². The highest BCUT2D eigenvalue weighted by molar-refractivity contribution is 6.30. The van der Waals surface area contributed by atoms with Crippen molar-refractivity contribution in [3.05, 3.63) is 28.8 Å². The third-order valence-corrected chi connectivity index (χ3v) is 2.36. The van der Waals surface area contributed by atoms with Gasteiger partial charge >= 0.3 is 12.1 Å². The van der Waals surface area contributed by atoms with Crippen LogP contribution in [0.2, 0.25) is 5.02 Å². The Hall–Kier alpha value is -1.76. The topological polar surface area (TPSA) is 58.2 Å². The van der Waals surface area contributed by atoms with Gasteiger partial charge in [-0.3, -0.25) is 9.59 Å². The number of rotatable bonds is 3. The van der Waals surface area contributed by atoms with E-state index < -0.39 is 24.5 Å². The second-order valence-corrected chi connectivity index (χ2v) is 4.12. The van der Waals surface area contributed by atoms with Crippen molar-refractivity contribution in [2.45, 2.75) is 13.1 Å². The molecule has 2 amide bonds. The van der Waals surface area contributed by atoms with E-state index in [-0.39, 0.29) is 0 Å². The van der Waals surface area contributed by atoms with Crippen molar-refractivity contribution in [1.29, 1.82) is 0 Å². The molecule has 0 heterocycles. The summed E-state index contributed by atoms with van der Waals surface area (Å²) >= 11 is 5.71. The molecule has 0 bridgehead atoms. The van der Waals surface area contributed by atoms with Crippen LogP contribution >= 0.6 is 11.6 Å². The van der Waals surface area contributed by atoms with Gasteiger partial charge in [0.25, 0.3) is 0 Å². The lowest BCUT2D eigenvalue weighted by Crippen LogP contribution is -2.41. The van der Waals surface area contributed by atoms with E-state index in [0.717, 1.165) is 0 Å². The second-order valence-electron chi connectivity index (χ2n) is 3.69. The van der Waals surface area contributed by atoms with Gasteiger partial charge in [0.2, 0.25) is 5.91 Å². The molecule has 1 rings (SSSR count). The molecule has 104 valence electrons. The van der Waals surface area contributed by atoms with Gasteiger partial charge in [0.05, 0.1) is 6.54 Å². The van der Waals surface area contributed by atoms with Crippen molar-refractivity contribution in [3.63, 3.8) is 0 Å². The van der Waals surface area contributed by atoms with E-state index in [1.165, 1.54) is 17.4 Å². The Labute approximate surface area is 111 Å². The Morgan fingerprint density at radius 2 is 1.95 bits per heavy atom. The van der Waals surface area contributed by atoms with E-state index in [1.54, 1.807) is 13.0 Å². The van der Waals surface area contributed by atoms with Gasteiger partial charge in [0.15, 0.2) is 0 Å². The van der Waals surface area contributed by atoms with Crippen molar-refractivity contribution >= 4 is 29.1 Å². The number of carbonyl (C=O) groups excluding carboxylic acids is 2. The highest BCUT2D eigenvalue weighted by atomic mass is 35.5. The molecule has 0 aliphatic heterocycles. The van der Waals surface area contributed by atoms with Crippen LogP contribution in [0.15, 0.2) is 18.2 Å². The molecule has 0 aliphatic carbocycles. The third kappa shape index (κ3) is 4.78. The monoisotopic (exact) mass is 294 g/mol. The molecule has 1 aromatic rings. The Morgan fingerprint density at radius 1 is 1.32 bits per heavy atom. The average Bonchev–Trinajstić information content (AvgIpc) is 2.28. The maximum absolute atomic E-state index is 11.9. The fourth-order valence-corrected chi connectivity index (χ4v) is 1.45. The summed E-state index contributed by atoms with van der Waals surface area (Å²) in [4.78, 5) is 21.9. The second kappa shape index (κ2) is 5.92. The highest BCUT2D eigenvalue weighted by Gasteiger charge is 2.38. The molecule has 19 heavy (non-hydrogen) atoms. The van der Waals surface area contributed by atoms with E-state index in [9.17, 15) is 22.8 Å². The van der Waals surface area contributed by atoms with Crippen molar-refractivity contribution in [3.8, 4) is 0 Å². The maximum Gasteiger partial charge on any atom is 0.471 e. The summed E-state index contributed by atoms with van der Waals surface area (Å²) in [6.07, 6.45) is -5.00. The van der Waals surface area contributed by atoms with Crippen LogP contribution in [-0.2, 0) is 9.59 Å². The minimum atomic E-state index is -5.00. The van der Waals surface area contributed by atoms with Crippen LogP contribution < -0.4 is 10.6 Å². The van der Waals surface area contributed by atoms with Crippen molar-refractivity contribution < 1.29 is 22.8 Å². The number of benzene rings is 1. The van der Waals surface area contributed by atoms with Crippen LogP contribution in [0.5, 0.6) is 0 Å². The summed E-state index contributed by atoms with van der Waals surface area (Å²) in [5, 5.41) is 4.31. The fourth-order valence-electron chi connectivity index (χ4n) is 1.22. The summed E-state index contributed by atoms with van der Waals surface area (Å²) in [6.45, 7) is 0.913. The number of halogens is 4. The zero-order valence-electron chi connectivity index (χ0n) is 9.77. The number of carbonyl (C=O) groups is 2. The molecule has 2 N–H and O–H groups in total. The first-order chi connectivity index (χ1) is 8.70. The van der Waals surface area contributed by atoms with Crippen LogP contribution in [0.4, 0.5) is 18.9 Å². The molecule has 1 aromatic carbocycles. The molecule has 0 aliphatic rings. The fraction of sp³-hybridized carbons (Fsp3) is 0.273. The molecule has 0 unspecified atom stereocenters. The summed E-state index contributed by atoms with van der Waals surface area (Å²) in [5.41, 5.74) is 1.07. The van der Waals surface area contributed by atoms with Crippen LogP contribution in [0.1, 0.15) is 5.56 Å².